The summed E-state index contributed by atoms with van der Waals surface area (Å²) in [6, 6.07) is 11.5. The summed E-state index contributed by atoms with van der Waals surface area (Å²) in [4.78, 5) is 2.62. The van der Waals surface area contributed by atoms with Gasteiger partial charge in [0.25, 0.3) is 0 Å². The second kappa shape index (κ2) is 6.73. The van der Waals surface area contributed by atoms with Gasteiger partial charge in [0.15, 0.2) is 0 Å². The Morgan fingerprint density at radius 1 is 1.22 bits per heavy atom. The van der Waals surface area contributed by atoms with Crippen molar-refractivity contribution < 1.29 is 9.47 Å². The van der Waals surface area contributed by atoms with Gasteiger partial charge < -0.3 is 25.0 Å². The molecule has 0 aliphatic carbocycles. The number of nitrogens with zero attached hydrogens (tertiary/aromatic N) is 1. The van der Waals surface area contributed by atoms with E-state index in [0.29, 0.717) is 18.6 Å². The third-order valence-electron chi connectivity index (χ3n) is 6.17. The number of nitrogens with one attached hydrogen (secondary N) is 2. The van der Waals surface area contributed by atoms with Crippen molar-refractivity contribution in [3.05, 3.63) is 47.0 Å². The smallest absolute Gasteiger partial charge is 0.121 e. The lowest BCUT2D eigenvalue weighted by molar-refractivity contribution is 0.130. The first-order valence-corrected chi connectivity index (χ1v) is 9.88. The first kappa shape index (κ1) is 16.9. The number of hydrogen-bond donors (Lipinski definition) is 2. The summed E-state index contributed by atoms with van der Waals surface area (Å²) < 4.78 is 11.3. The van der Waals surface area contributed by atoms with Crippen LogP contribution in [0.15, 0.2) is 30.3 Å². The lowest BCUT2D eigenvalue weighted by Crippen LogP contribution is -2.44. The SMILES string of the molecule is COc1ccc(Nc2cc3c4c(c2)C2CNCCC2N4CCOC3)cc1C. The summed E-state index contributed by atoms with van der Waals surface area (Å²) in [5.74, 6) is 1.49. The molecule has 1 saturated heterocycles. The quantitative estimate of drug-likeness (QED) is 0.871. The largest absolute Gasteiger partial charge is 0.496 e. The van der Waals surface area contributed by atoms with Crippen molar-refractivity contribution in [2.45, 2.75) is 31.9 Å². The van der Waals surface area contributed by atoms with E-state index in [9.17, 15) is 0 Å². The van der Waals surface area contributed by atoms with Gasteiger partial charge >= 0.3 is 0 Å². The molecule has 2 N–H and O–H groups in total. The maximum atomic E-state index is 5.91. The van der Waals surface area contributed by atoms with Crippen molar-refractivity contribution in [3.63, 3.8) is 0 Å². The normalized spacial score (nSPS) is 23.4. The van der Waals surface area contributed by atoms with Gasteiger partial charge in [0.05, 0.1) is 20.3 Å². The summed E-state index contributed by atoms with van der Waals surface area (Å²) in [6.45, 7) is 6.77. The zero-order chi connectivity index (χ0) is 18.4. The first-order chi connectivity index (χ1) is 13.2. The molecule has 5 nitrogen and oxygen atoms in total. The third-order valence-corrected chi connectivity index (χ3v) is 6.17. The number of rotatable bonds is 3. The van der Waals surface area contributed by atoms with Crippen LogP contribution in [0.5, 0.6) is 5.75 Å². The minimum atomic E-state index is 0.574. The number of hydrogen-bond acceptors (Lipinski definition) is 5. The van der Waals surface area contributed by atoms with Crippen molar-refractivity contribution in [1.29, 1.82) is 0 Å². The van der Waals surface area contributed by atoms with Crippen molar-refractivity contribution in [2.24, 2.45) is 0 Å². The van der Waals surface area contributed by atoms with E-state index in [2.05, 4.69) is 46.7 Å². The van der Waals surface area contributed by atoms with E-state index < -0.39 is 0 Å². The van der Waals surface area contributed by atoms with E-state index in [1.165, 1.54) is 23.2 Å². The van der Waals surface area contributed by atoms with Crippen LogP contribution in [0.2, 0.25) is 0 Å². The standard InChI is InChI=1S/C22H27N3O2/c1-14-9-16(3-4-21(14)26-2)24-17-10-15-13-27-8-7-25-20-5-6-23-12-19(20)18(11-17)22(15)25/h3-4,9-11,19-20,23-24H,5-8,12-13H2,1-2H3. The average Bonchev–Trinajstić information content (AvgIpc) is 2.83. The van der Waals surface area contributed by atoms with Gasteiger partial charge in [0, 0.05) is 47.7 Å². The number of methoxy groups -OCH3 is 1. The van der Waals surface area contributed by atoms with Crippen LogP contribution in [0.4, 0.5) is 17.1 Å². The summed E-state index contributed by atoms with van der Waals surface area (Å²) in [6.07, 6.45) is 1.21. The Kier molecular flexibility index (Phi) is 4.21. The minimum absolute atomic E-state index is 0.574. The lowest BCUT2D eigenvalue weighted by Gasteiger charge is -2.33. The molecule has 2 atom stereocenters. The molecule has 0 saturated carbocycles. The number of ether oxygens (including phenoxy) is 2. The van der Waals surface area contributed by atoms with Crippen molar-refractivity contribution >= 4 is 17.1 Å². The topological polar surface area (TPSA) is 45.8 Å². The van der Waals surface area contributed by atoms with Crippen molar-refractivity contribution in [2.75, 3.05) is 43.6 Å². The highest BCUT2D eigenvalue weighted by Crippen LogP contribution is 2.47. The number of aryl methyl sites for hydroxylation is 1. The lowest BCUT2D eigenvalue weighted by atomic mass is 9.89. The number of piperidine rings is 1. The molecule has 0 aromatic heterocycles. The zero-order valence-electron chi connectivity index (χ0n) is 16.0. The van der Waals surface area contributed by atoms with Crippen LogP contribution < -0.4 is 20.3 Å². The van der Waals surface area contributed by atoms with Gasteiger partial charge in [0.1, 0.15) is 5.75 Å². The molecule has 5 rings (SSSR count). The van der Waals surface area contributed by atoms with Gasteiger partial charge in [-0.25, -0.2) is 0 Å². The van der Waals surface area contributed by atoms with Gasteiger partial charge in [-0.2, -0.15) is 0 Å². The van der Waals surface area contributed by atoms with Gasteiger partial charge in [-0.1, -0.05) is 0 Å². The van der Waals surface area contributed by atoms with E-state index in [0.717, 1.165) is 48.9 Å². The predicted octanol–water partition coefficient (Wildman–Crippen LogP) is 3.54. The molecule has 0 radical (unpaired) electrons. The molecule has 3 aliphatic rings. The Balaban J connectivity index is 1.53. The summed E-state index contributed by atoms with van der Waals surface area (Å²) in [5.41, 5.74) is 7.58. The highest BCUT2D eigenvalue weighted by atomic mass is 16.5. The van der Waals surface area contributed by atoms with E-state index in [1.54, 1.807) is 7.11 Å². The predicted molar refractivity (Wildman–Crippen MR) is 108 cm³/mol. The molecule has 0 spiro atoms. The fourth-order valence-electron chi connectivity index (χ4n) is 4.98. The Labute approximate surface area is 160 Å². The van der Waals surface area contributed by atoms with Crippen LogP contribution in [-0.4, -0.2) is 39.4 Å². The van der Waals surface area contributed by atoms with Gasteiger partial charge in [-0.05, 0) is 61.3 Å². The highest BCUT2D eigenvalue weighted by Gasteiger charge is 2.41. The maximum absolute atomic E-state index is 5.91. The summed E-state index contributed by atoms with van der Waals surface area (Å²) in [7, 11) is 1.71. The molecule has 5 heteroatoms. The van der Waals surface area contributed by atoms with Gasteiger partial charge in [0.2, 0.25) is 0 Å². The van der Waals surface area contributed by atoms with Crippen LogP contribution in [0, 0.1) is 6.92 Å². The molecule has 2 aromatic rings. The Morgan fingerprint density at radius 2 is 2.15 bits per heavy atom. The minimum Gasteiger partial charge on any atom is -0.496 e. The molecule has 27 heavy (non-hydrogen) atoms. The van der Waals surface area contributed by atoms with Crippen LogP contribution in [0.1, 0.15) is 29.0 Å². The van der Waals surface area contributed by atoms with Crippen LogP contribution >= 0.6 is 0 Å². The molecule has 1 fully saturated rings. The molecule has 2 unspecified atom stereocenters. The summed E-state index contributed by atoms with van der Waals surface area (Å²) in [5, 5.41) is 7.20. The van der Waals surface area contributed by atoms with E-state index in [1.807, 2.05) is 6.07 Å². The molecule has 3 aliphatic heterocycles. The van der Waals surface area contributed by atoms with Gasteiger partial charge in [-0.3, -0.25) is 0 Å². The second-order valence-electron chi connectivity index (χ2n) is 7.80. The fourth-order valence-corrected chi connectivity index (χ4v) is 4.98. The van der Waals surface area contributed by atoms with Crippen molar-refractivity contribution in [3.8, 4) is 5.75 Å². The molecule has 2 aromatic carbocycles. The molecule has 0 amide bonds. The average molecular weight is 365 g/mol. The third kappa shape index (κ3) is 2.86. The first-order valence-electron chi connectivity index (χ1n) is 9.88. The second-order valence-corrected chi connectivity index (χ2v) is 7.80. The Bertz CT molecular complexity index is 867. The molecule has 0 bridgehead atoms. The fraction of sp³-hybridized carbons (Fsp3) is 0.455. The maximum Gasteiger partial charge on any atom is 0.121 e. The van der Waals surface area contributed by atoms with E-state index in [-0.39, 0.29) is 0 Å². The van der Waals surface area contributed by atoms with Crippen LogP contribution in [0.25, 0.3) is 0 Å². The Hall–Kier alpha value is -2.24. The number of benzene rings is 2. The molecular formula is C22H27N3O2. The van der Waals surface area contributed by atoms with Crippen LogP contribution in [-0.2, 0) is 11.3 Å². The van der Waals surface area contributed by atoms with Gasteiger partial charge in [-0.15, -0.1) is 0 Å². The molecular weight excluding hydrogens is 338 g/mol. The summed E-state index contributed by atoms with van der Waals surface area (Å²) >= 11 is 0. The van der Waals surface area contributed by atoms with E-state index in [4.69, 9.17) is 9.47 Å². The number of anilines is 3. The van der Waals surface area contributed by atoms with Crippen molar-refractivity contribution in [1.82, 2.24) is 5.32 Å². The molecule has 3 heterocycles. The Morgan fingerprint density at radius 3 is 3.00 bits per heavy atom. The highest BCUT2D eigenvalue weighted by molar-refractivity contribution is 5.74. The monoisotopic (exact) mass is 365 g/mol. The zero-order valence-corrected chi connectivity index (χ0v) is 16.0. The van der Waals surface area contributed by atoms with Crippen LogP contribution in [0.3, 0.4) is 0 Å². The van der Waals surface area contributed by atoms with E-state index >= 15 is 0 Å². The molecule has 142 valence electrons. The number of fused-ring (bicyclic) bond motifs is 3.